The lowest BCUT2D eigenvalue weighted by atomic mass is 10.2. The van der Waals surface area contributed by atoms with Gasteiger partial charge in [0.2, 0.25) is 0 Å². The molecule has 0 radical (unpaired) electrons. The second-order valence-corrected chi connectivity index (χ2v) is 11.0. The van der Waals surface area contributed by atoms with Gasteiger partial charge in [-0.1, -0.05) is 11.6 Å². The van der Waals surface area contributed by atoms with Gasteiger partial charge in [-0.05, 0) is 69.6 Å². The molecule has 0 saturated heterocycles. The van der Waals surface area contributed by atoms with E-state index >= 15 is 0 Å². The Morgan fingerprint density at radius 1 is 0.732 bits per heavy atom. The number of rotatable bonds is 1. The van der Waals surface area contributed by atoms with Crippen LogP contribution < -0.4 is 11.1 Å². The van der Waals surface area contributed by atoms with Crippen molar-refractivity contribution >= 4 is 55.3 Å². The van der Waals surface area contributed by atoms with Crippen LogP contribution in [0, 0.1) is 41.5 Å². The molecule has 0 saturated carbocycles. The Labute approximate surface area is 250 Å². The molecule has 0 atom stereocenters. The number of fused-ring (bicyclic) bond motifs is 2. The SMILES string of the molecule is Cc1cc(Cl)c(C(=O)O)c(C)n1.Cc1cc2c(c(C)n1)c(=O)n(C)n2C.Cc1nc(C)c2c(=O)n(C)n(C)c2c1Br. The molecule has 5 aromatic rings. The normalized spacial score (nSPS) is 10.8. The molecule has 0 aliphatic rings. The monoisotopic (exact) mass is 645 g/mol. The van der Waals surface area contributed by atoms with Gasteiger partial charge in [-0.15, -0.1) is 0 Å². The standard InChI is InChI=1S/C10H12BrN3O.C10H13N3O.C8H8ClNO2/c1-5-7-9(8(11)6(2)12-5)13(3)14(4)10(7)15;1-6-5-8-9(7(2)11-6)10(14)13(4)12(8)3;1-4-3-6(9)7(8(11)12)5(2)10-4/h1-4H3;5H,1-4H3;3H,1-2H3,(H,11,12). The first-order valence-electron chi connectivity index (χ1n) is 12.5. The Hall–Kier alpha value is -3.77. The summed E-state index contributed by atoms with van der Waals surface area (Å²) < 4.78 is 7.76. The first kappa shape index (κ1) is 31.8. The molecule has 0 bridgehead atoms. The number of carboxylic acids is 1. The molecule has 1 N–H and O–H groups in total. The molecule has 0 aliphatic heterocycles. The van der Waals surface area contributed by atoms with Crippen molar-refractivity contribution in [2.75, 3.05) is 0 Å². The fourth-order valence-electron chi connectivity index (χ4n) is 4.64. The van der Waals surface area contributed by atoms with Crippen molar-refractivity contribution < 1.29 is 9.90 Å². The summed E-state index contributed by atoms with van der Waals surface area (Å²) in [4.78, 5) is 47.0. The number of carbonyl (C=O) groups is 1. The van der Waals surface area contributed by atoms with Crippen molar-refractivity contribution in [2.24, 2.45) is 28.2 Å². The highest BCUT2D eigenvalue weighted by Gasteiger charge is 2.16. The molecule has 11 nitrogen and oxygen atoms in total. The van der Waals surface area contributed by atoms with Crippen LogP contribution in [0.3, 0.4) is 0 Å². The average Bonchev–Trinajstić information content (AvgIpc) is 3.22. The van der Waals surface area contributed by atoms with Gasteiger partial charge in [-0.2, -0.15) is 0 Å². The first-order chi connectivity index (χ1) is 19.0. The van der Waals surface area contributed by atoms with Gasteiger partial charge in [0.05, 0.1) is 59.6 Å². The lowest BCUT2D eigenvalue weighted by Gasteiger charge is -2.04. The van der Waals surface area contributed by atoms with Gasteiger partial charge in [-0.3, -0.25) is 43.3 Å². The van der Waals surface area contributed by atoms with Gasteiger partial charge in [0, 0.05) is 39.6 Å². The van der Waals surface area contributed by atoms with E-state index in [0.717, 1.165) is 49.4 Å². The molecule has 0 amide bonds. The van der Waals surface area contributed by atoms with E-state index in [9.17, 15) is 14.4 Å². The van der Waals surface area contributed by atoms with Crippen LogP contribution in [0.25, 0.3) is 21.8 Å². The highest BCUT2D eigenvalue weighted by atomic mass is 79.9. The van der Waals surface area contributed by atoms with E-state index in [1.807, 2.05) is 57.2 Å². The van der Waals surface area contributed by atoms with E-state index in [1.54, 1.807) is 37.3 Å². The zero-order valence-corrected chi connectivity index (χ0v) is 27.1. The fourth-order valence-corrected chi connectivity index (χ4v) is 5.56. The molecule has 0 unspecified atom stereocenters. The van der Waals surface area contributed by atoms with Crippen molar-refractivity contribution in [2.45, 2.75) is 41.5 Å². The largest absolute Gasteiger partial charge is 0.478 e. The minimum Gasteiger partial charge on any atom is -0.478 e. The second-order valence-electron chi connectivity index (χ2n) is 9.78. The van der Waals surface area contributed by atoms with Gasteiger partial charge in [-0.25, -0.2) is 4.79 Å². The molecule has 0 fully saturated rings. The molecule has 0 aromatic carbocycles. The molecular formula is C28H33BrClN7O4. The maximum absolute atomic E-state index is 11.9. The molecule has 218 valence electrons. The molecule has 5 heterocycles. The predicted molar refractivity (Wildman–Crippen MR) is 164 cm³/mol. The van der Waals surface area contributed by atoms with Crippen molar-refractivity contribution in [3.8, 4) is 0 Å². The molecule has 5 rings (SSSR count). The number of nitrogens with zero attached hydrogens (tertiary/aromatic N) is 7. The maximum atomic E-state index is 11.9. The number of aromatic carboxylic acids is 1. The van der Waals surface area contributed by atoms with E-state index < -0.39 is 5.97 Å². The molecule has 41 heavy (non-hydrogen) atoms. The van der Waals surface area contributed by atoms with Crippen LogP contribution in [0.2, 0.25) is 5.02 Å². The van der Waals surface area contributed by atoms with Crippen LogP contribution in [0.5, 0.6) is 0 Å². The summed E-state index contributed by atoms with van der Waals surface area (Å²) >= 11 is 9.19. The number of aromatic nitrogens is 7. The average molecular weight is 647 g/mol. The van der Waals surface area contributed by atoms with Crippen LogP contribution in [-0.4, -0.2) is 44.8 Å². The summed E-state index contributed by atoms with van der Waals surface area (Å²) in [5.74, 6) is -1.04. The Morgan fingerprint density at radius 2 is 1.22 bits per heavy atom. The van der Waals surface area contributed by atoms with Crippen LogP contribution in [0.4, 0.5) is 0 Å². The van der Waals surface area contributed by atoms with E-state index in [0.29, 0.717) is 11.1 Å². The van der Waals surface area contributed by atoms with Crippen molar-refractivity contribution in [3.05, 3.63) is 82.1 Å². The number of hydrogen-bond acceptors (Lipinski definition) is 6. The van der Waals surface area contributed by atoms with E-state index in [2.05, 4.69) is 30.9 Å². The molecule has 0 spiro atoms. The third-order valence-corrected chi connectivity index (χ3v) is 8.10. The lowest BCUT2D eigenvalue weighted by molar-refractivity contribution is 0.0695. The van der Waals surface area contributed by atoms with Gasteiger partial charge in [0.1, 0.15) is 0 Å². The Morgan fingerprint density at radius 3 is 1.78 bits per heavy atom. The summed E-state index contributed by atoms with van der Waals surface area (Å²) in [5.41, 5.74) is 6.57. The van der Waals surface area contributed by atoms with Gasteiger partial charge in [0.25, 0.3) is 11.1 Å². The minimum absolute atomic E-state index is 0.00167. The zero-order chi connectivity index (χ0) is 31.1. The van der Waals surface area contributed by atoms with E-state index in [1.165, 1.54) is 6.07 Å². The third-order valence-electron chi connectivity index (χ3n) is 6.85. The number of carboxylic acid groups (broad SMARTS) is 1. The quantitative estimate of drug-likeness (QED) is 0.282. The Kier molecular flexibility index (Phi) is 9.29. The molecule has 0 aliphatic carbocycles. The topological polar surface area (TPSA) is 130 Å². The highest BCUT2D eigenvalue weighted by Crippen LogP contribution is 2.26. The first-order valence-corrected chi connectivity index (χ1v) is 13.7. The van der Waals surface area contributed by atoms with Gasteiger partial charge in [0.15, 0.2) is 0 Å². The summed E-state index contributed by atoms with van der Waals surface area (Å²) in [7, 11) is 7.26. The summed E-state index contributed by atoms with van der Waals surface area (Å²) in [5, 5.41) is 10.4. The number of halogens is 2. The third kappa shape index (κ3) is 5.98. The molecule has 13 heteroatoms. The minimum atomic E-state index is -1.04. The van der Waals surface area contributed by atoms with Crippen LogP contribution >= 0.6 is 27.5 Å². The zero-order valence-electron chi connectivity index (χ0n) is 24.7. The van der Waals surface area contributed by atoms with Crippen molar-refractivity contribution in [3.63, 3.8) is 0 Å². The summed E-state index contributed by atoms with van der Waals surface area (Å²) in [6.45, 7) is 11.0. The van der Waals surface area contributed by atoms with E-state index in [4.69, 9.17) is 16.7 Å². The molecular weight excluding hydrogens is 614 g/mol. The van der Waals surface area contributed by atoms with E-state index in [-0.39, 0.29) is 21.7 Å². The van der Waals surface area contributed by atoms with Gasteiger partial charge < -0.3 is 5.11 Å². The van der Waals surface area contributed by atoms with Crippen molar-refractivity contribution in [1.29, 1.82) is 0 Å². The van der Waals surface area contributed by atoms with Gasteiger partial charge >= 0.3 is 5.97 Å². The Balaban J connectivity index is 0.000000170. The summed E-state index contributed by atoms with van der Waals surface area (Å²) in [6, 6.07) is 3.47. The lowest BCUT2D eigenvalue weighted by Crippen LogP contribution is -2.16. The van der Waals surface area contributed by atoms with Crippen LogP contribution in [0.1, 0.15) is 44.5 Å². The number of pyridine rings is 3. The van der Waals surface area contributed by atoms with Crippen LogP contribution in [-0.2, 0) is 28.2 Å². The number of hydrogen-bond donors (Lipinski definition) is 1. The summed E-state index contributed by atoms with van der Waals surface area (Å²) in [6.07, 6.45) is 0. The Bertz CT molecular complexity index is 1930. The highest BCUT2D eigenvalue weighted by molar-refractivity contribution is 9.10. The van der Waals surface area contributed by atoms with Crippen LogP contribution in [0.15, 0.2) is 26.2 Å². The fraction of sp³-hybridized carbons (Fsp3) is 0.357. The molecule has 5 aromatic heterocycles. The predicted octanol–water partition coefficient (Wildman–Crippen LogP) is 4.59. The second kappa shape index (κ2) is 12.0. The smallest absolute Gasteiger partial charge is 0.339 e. The maximum Gasteiger partial charge on any atom is 0.339 e. The van der Waals surface area contributed by atoms with Crippen molar-refractivity contribution in [1.82, 2.24) is 33.7 Å². The number of aryl methyl sites for hydroxylation is 8.